The molecule has 15 heavy (non-hydrogen) atoms. The Morgan fingerprint density at radius 1 is 1.67 bits per heavy atom. The zero-order valence-electron chi connectivity index (χ0n) is 7.41. The van der Waals surface area contributed by atoms with Crippen LogP contribution in [0.15, 0.2) is 17.1 Å². The minimum Gasteiger partial charge on any atom is -0.382 e. The summed E-state index contributed by atoms with van der Waals surface area (Å²) in [7, 11) is 0. The van der Waals surface area contributed by atoms with Crippen LogP contribution in [0.25, 0.3) is 0 Å². The van der Waals surface area contributed by atoms with Gasteiger partial charge in [-0.05, 0) is 0 Å². The Balaban J connectivity index is 2.44. The second kappa shape index (κ2) is 3.51. The van der Waals surface area contributed by atoms with E-state index in [-0.39, 0.29) is 17.1 Å². The van der Waals surface area contributed by atoms with E-state index in [2.05, 4.69) is 10.1 Å². The molecule has 0 radical (unpaired) electrons. The van der Waals surface area contributed by atoms with Crippen LogP contribution in [0.4, 0.5) is 5.82 Å². The summed E-state index contributed by atoms with van der Waals surface area (Å²) in [4.78, 5) is 15.6. The first-order valence-corrected chi connectivity index (χ1v) is 4.85. The standard InChI is InChI=1S/C8H5N5OS/c9-1-5-2-12-13(7(5)10)8(14)6-3-15-4-11-6/h2-4H,10H2. The highest BCUT2D eigenvalue weighted by Gasteiger charge is 2.16. The number of aromatic nitrogens is 3. The lowest BCUT2D eigenvalue weighted by molar-refractivity contribution is 0.0943. The number of hydrogen-bond donors (Lipinski definition) is 1. The molecule has 2 aromatic heterocycles. The van der Waals surface area contributed by atoms with Crippen LogP contribution in [0.3, 0.4) is 0 Å². The number of nitrogens with two attached hydrogens (primary N) is 1. The summed E-state index contributed by atoms with van der Waals surface area (Å²) in [5.41, 5.74) is 7.54. The number of nitrogen functional groups attached to an aromatic ring is 1. The fourth-order valence-electron chi connectivity index (χ4n) is 1.03. The molecule has 0 saturated carbocycles. The third-order valence-corrected chi connectivity index (χ3v) is 2.36. The molecular formula is C8H5N5OS. The maximum atomic E-state index is 11.7. The van der Waals surface area contributed by atoms with Crippen molar-refractivity contribution in [3.63, 3.8) is 0 Å². The number of hydrogen-bond acceptors (Lipinski definition) is 6. The summed E-state index contributed by atoms with van der Waals surface area (Å²) < 4.78 is 0.966. The van der Waals surface area contributed by atoms with E-state index in [1.165, 1.54) is 23.0 Å². The van der Waals surface area contributed by atoms with Gasteiger partial charge in [0.15, 0.2) is 0 Å². The molecule has 0 bridgehead atoms. The molecule has 0 unspecified atom stereocenters. The smallest absolute Gasteiger partial charge is 0.299 e. The fourth-order valence-corrected chi connectivity index (χ4v) is 1.56. The summed E-state index contributed by atoms with van der Waals surface area (Å²) in [5, 5.41) is 14.0. The van der Waals surface area contributed by atoms with Crippen molar-refractivity contribution in [2.45, 2.75) is 0 Å². The highest BCUT2D eigenvalue weighted by molar-refractivity contribution is 7.07. The van der Waals surface area contributed by atoms with E-state index in [9.17, 15) is 4.79 Å². The Bertz CT molecular complexity index is 536. The van der Waals surface area contributed by atoms with Crippen molar-refractivity contribution in [3.8, 4) is 6.07 Å². The molecule has 0 fully saturated rings. The van der Waals surface area contributed by atoms with Gasteiger partial charge >= 0.3 is 0 Å². The Kier molecular flexibility index (Phi) is 2.19. The molecule has 0 aliphatic heterocycles. The molecule has 2 heterocycles. The Hall–Kier alpha value is -2.20. The quantitative estimate of drug-likeness (QED) is 0.752. The number of rotatable bonds is 1. The zero-order chi connectivity index (χ0) is 10.8. The molecule has 7 heteroatoms. The van der Waals surface area contributed by atoms with E-state index in [0.717, 1.165) is 4.68 Å². The zero-order valence-corrected chi connectivity index (χ0v) is 8.23. The molecule has 2 N–H and O–H groups in total. The average molecular weight is 219 g/mol. The Morgan fingerprint density at radius 2 is 2.47 bits per heavy atom. The van der Waals surface area contributed by atoms with Gasteiger partial charge in [0.05, 0.1) is 11.7 Å². The third-order valence-electron chi connectivity index (χ3n) is 1.77. The number of thiazole rings is 1. The van der Waals surface area contributed by atoms with E-state index >= 15 is 0 Å². The molecule has 74 valence electrons. The first kappa shape index (κ1) is 9.36. The van der Waals surface area contributed by atoms with Crippen molar-refractivity contribution in [2.24, 2.45) is 0 Å². The van der Waals surface area contributed by atoms with Crippen LogP contribution < -0.4 is 5.73 Å². The van der Waals surface area contributed by atoms with Crippen LogP contribution in [-0.4, -0.2) is 20.7 Å². The summed E-state index contributed by atoms with van der Waals surface area (Å²) in [6.07, 6.45) is 1.25. The van der Waals surface area contributed by atoms with E-state index < -0.39 is 5.91 Å². The molecule has 0 aromatic carbocycles. The molecule has 2 rings (SSSR count). The van der Waals surface area contributed by atoms with Crippen LogP contribution in [0, 0.1) is 11.3 Å². The van der Waals surface area contributed by atoms with Crippen molar-refractivity contribution in [1.82, 2.24) is 14.8 Å². The minimum absolute atomic E-state index is 0.0375. The SMILES string of the molecule is N#Cc1cnn(C(=O)c2cscn2)c1N. The normalized spacial score (nSPS) is 9.80. The van der Waals surface area contributed by atoms with Gasteiger partial charge in [0, 0.05) is 5.38 Å². The molecule has 0 amide bonds. The van der Waals surface area contributed by atoms with Gasteiger partial charge in [-0.2, -0.15) is 15.0 Å². The molecule has 0 aliphatic carbocycles. The number of nitriles is 1. The molecule has 0 spiro atoms. The predicted octanol–water partition coefficient (Wildman–Crippen LogP) is 0.482. The van der Waals surface area contributed by atoms with Gasteiger partial charge in [-0.1, -0.05) is 0 Å². The molecule has 0 saturated heterocycles. The summed E-state index contributed by atoms with van der Waals surface area (Å²) >= 11 is 1.30. The summed E-state index contributed by atoms with van der Waals surface area (Å²) in [5.74, 6) is -0.397. The Labute approximate surface area is 88.6 Å². The lowest BCUT2D eigenvalue weighted by Gasteiger charge is -1.98. The van der Waals surface area contributed by atoms with Crippen molar-refractivity contribution in [2.75, 3.05) is 5.73 Å². The lowest BCUT2D eigenvalue weighted by atomic mass is 10.3. The van der Waals surface area contributed by atoms with Crippen molar-refractivity contribution < 1.29 is 4.79 Å². The van der Waals surface area contributed by atoms with Gasteiger partial charge in [0.1, 0.15) is 23.1 Å². The maximum absolute atomic E-state index is 11.7. The molecule has 0 aliphatic rings. The van der Waals surface area contributed by atoms with E-state index in [1.54, 1.807) is 5.38 Å². The highest BCUT2D eigenvalue weighted by Crippen LogP contribution is 2.12. The van der Waals surface area contributed by atoms with Crippen LogP contribution >= 0.6 is 11.3 Å². The second-order valence-electron chi connectivity index (χ2n) is 2.65. The van der Waals surface area contributed by atoms with Crippen LogP contribution in [0.1, 0.15) is 16.1 Å². The number of carbonyl (C=O) groups excluding carboxylic acids is 1. The van der Waals surface area contributed by atoms with Gasteiger partial charge in [-0.3, -0.25) is 4.79 Å². The largest absolute Gasteiger partial charge is 0.382 e. The van der Waals surface area contributed by atoms with Crippen molar-refractivity contribution >= 4 is 23.1 Å². The Morgan fingerprint density at radius 3 is 3.00 bits per heavy atom. The van der Waals surface area contributed by atoms with Gasteiger partial charge in [-0.15, -0.1) is 11.3 Å². The molecule has 6 nitrogen and oxygen atoms in total. The van der Waals surface area contributed by atoms with Crippen LogP contribution in [0.5, 0.6) is 0 Å². The first-order valence-electron chi connectivity index (χ1n) is 3.90. The predicted molar refractivity (Wildman–Crippen MR) is 53.2 cm³/mol. The van der Waals surface area contributed by atoms with E-state index in [1.807, 2.05) is 6.07 Å². The molecule has 0 atom stereocenters. The summed E-state index contributed by atoms with van der Waals surface area (Å²) in [6, 6.07) is 1.84. The maximum Gasteiger partial charge on any atom is 0.299 e. The minimum atomic E-state index is -0.435. The van der Waals surface area contributed by atoms with Gasteiger partial charge in [0.2, 0.25) is 0 Å². The monoisotopic (exact) mass is 219 g/mol. The van der Waals surface area contributed by atoms with Crippen LogP contribution in [-0.2, 0) is 0 Å². The van der Waals surface area contributed by atoms with Crippen molar-refractivity contribution in [1.29, 1.82) is 5.26 Å². The third kappa shape index (κ3) is 1.47. The number of nitrogens with zero attached hydrogens (tertiary/aromatic N) is 4. The van der Waals surface area contributed by atoms with Gasteiger partial charge in [-0.25, -0.2) is 4.98 Å². The van der Waals surface area contributed by atoms with Crippen molar-refractivity contribution in [3.05, 3.63) is 28.3 Å². The fraction of sp³-hybridized carbons (Fsp3) is 0. The summed E-state index contributed by atoms with van der Waals surface area (Å²) in [6.45, 7) is 0. The van der Waals surface area contributed by atoms with E-state index in [0.29, 0.717) is 0 Å². The highest BCUT2D eigenvalue weighted by atomic mass is 32.1. The van der Waals surface area contributed by atoms with Crippen LogP contribution in [0.2, 0.25) is 0 Å². The second-order valence-corrected chi connectivity index (χ2v) is 3.36. The molecular weight excluding hydrogens is 214 g/mol. The molecule has 2 aromatic rings. The average Bonchev–Trinajstić information content (AvgIpc) is 2.85. The van der Waals surface area contributed by atoms with E-state index in [4.69, 9.17) is 11.0 Å². The topological polar surface area (TPSA) is 97.6 Å². The number of carbonyl (C=O) groups is 1. The van der Waals surface area contributed by atoms with Gasteiger partial charge < -0.3 is 5.73 Å². The van der Waals surface area contributed by atoms with Gasteiger partial charge in [0.25, 0.3) is 5.91 Å². The lowest BCUT2D eigenvalue weighted by Crippen LogP contribution is -2.16. The number of anilines is 1. The first-order chi connectivity index (χ1) is 7.24.